The van der Waals surface area contributed by atoms with Crippen molar-refractivity contribution in [3.05, 3.63) is 114 Å². The van der Waals surface area contributed by atoms with Gasteiger partial charge in [-0.3, -0.25) is 0 Å². The van der Waals surface area contributed by atoms with E-state index in [0.717, 1.165) is 36.4 Å². The molecule has 222 valence electrons. The van der Waals surface area contributed by atoms with Crippen molar-refractivity contribution >= 4 is 42.0 Å². The van der Waals surface area contributed by atoms with Crippen LogP contribution >= 0.6 is 0 Å². The van der Waals surface area contributed by atoms with Gasteiger partial charge in [0.05, 0.1) is 5.19 Å². The summed E-state index contributed by atoms with van der Waals surface area (Å²) in [5, 5.41) is -1.14. The van der Waals surface area contributed by atoms with Gasteiger partial charge in [-0.15, -0.1) is 5.46 Å². The second-order valence-corrected chi connectivity index (χ2v) is 11.9. The van der Waals surface area contributed by atoms with E-state index in [1.165, 1.54) is 57.2 Å². The second kappa shape index (κ2) is 12.8. The highest BCUT2D eigenvalue weighted by molar-refractivity contribution is 7.20. The quantitative estimate of drug-likeness (QED) is 0.145. The van der Waals surface area contributed by atoms with Crippen molar-refractivity contribution < 1.29 is 44.0 Å². The lowest BCUT2D eigenvalue weighted by Gasteiger charge is -2.44. The van der Waals surface area contributed by atoms with E-state index in [2.05, 4.69) is 0 Å². The summed E-state index contributed by atoms with van der Waals surface area (Å²) in [7, 11) is -4.54. The maximum Gasteiger partial charge on any atom is 0.543 e. The first kappa shape index (κ1) is 31.5. The highest BCUT2D eigenvalue weighted by atomic mass is 28.4. The molecule has 3 nitrogen and oxygen atoms in total. The van der Waals surface area contributed by atoms with E-state index in [-0.39, 0.29) is 36.2 Å². The van der Waals surface area contributed by atoms with Crippen molar-refractivity contribution in [3.63, 3.8) is 0 Å². The number of hydrogen-bond acceptors (Lipinski definition) is 3. The molecule has 0 unspecified atom stereocenters. The maximum atomic E-state index is 16.6. The Morgan fingerprint density at radius 3 is 1.02 bits per heavy atom. The van der Waals surface area contributed by atoms with Gasteiger partial charge in [0.25, 0.3) is 0 Å². The van der Waals surface area contributed by atoms with E-state index < -0.39 is 66.3 Å². The molecule has 12 heteroatoms. The molecule has 4 rings (SSSR count). The Morgan fingerprint density at radius 1 is 0.476 bits per heavy atom. The Bertz CT molecular complexity index is 1380. The van der Waals surface area contributed by atoms with Crippen molar-refractivity contribution in [1.29, 1.82) is 0 Å². The van der Waals surface area contributed by atoms with Gasteiger partial charge in [-0.05, 0) is 57.2 Å². The summed E-state index contributed by atoms with van der Waals surface area (Å²) in [6.45, 7) is 4.06. The lowest BCUT2D eigenvalue weighted by Crippen LogP contribution is -2.77. The third kappa shape index (κ3) is 5.39. The second-order valence-electron chi connectivity index (χ2n) is 9.42. The molecule has 0 saturated heterocycles. The Balaban J connectivity index is 2.23. The van der Waals surface area contributed by atoms with Crippen LogP contribution in [0.3, 0.4) is 0 Å². The average molecular weight is 607 g/mol. The van der Waals surface area contributed by atoms with Gasteiger partial charge in [0.15, 0.2) is 11.6 Å². The lowest BCUT2D eigenvalue weighted by molar-refractivity contribution is 0.0840. The Labute approximate surface area is 240 Å². The summed E-state index contributed by atoms with van der Waals surface area (Å²) in [5.41, 5.74) is -1.03. The molecule has 0 saturated carbocycles. The molecule has 4 aromatic carbocycles. The normalized spacial score (nSPS) is 12.1. The van der Waals surface area contributed by atoms with Crippen LogP contribution in [0, 0.1) is 40.7 Å². The molecule has 0 heterocycles. The van der Waals surface area contributed by atoms with E-state index in [1.807, 2.05) is 0 Å². The smallest absolute Gasteiger partial charge is 0.370 e. The van der Waals surface area contributed by atoms with Gasteiger partial charge in [0.2, 0.25) is 0 Å². The fraction of sp³-hybridized carbons (Fsp3) is 0.200. The van der Waals surface area contributed by atoms with Crippen LogP contribution in [0.5, 0.6) is 0 Å². The van der Waals surface area contributed by atoms with E-state index in [0.29, 0.717) is 0 Å². The van der Waals surface area contributed by atoms with E-state index in [9.17, 15) is 13.2 Å². The fourth-order valence-corrected chi connectivity index (χ4v) is 8.12. The summed E-state index contributed by atoms with van der Waals surface area (Å²) < 4.78 is 125. The third-order valence-corrected chi connectivity index (χ3v) is 10.2. The summed E-state index contributed by atoms with van der Waals surface area (Å²) in [4.78, 5) is 0. The zero-order chi connectivity index (χ0) is 30.7. The standard InChI is InChI=1S/C30H27BF7O3Si/c1-4-39-42(40-5-2,41-6-3)30-28(37)26(35)25(27(36)29(30)38)31(19-7-13-22(32)14-8-19,20-9-15-23(33)16-10-20)21-11-17-24(34)18-12-21/h7-18H,4-6H2,1-3H3/q-1. The largest absolute Gasteiger partial charge is 0.543 e. The minimum Gasteiger partial charge on any atom is -0.370 e. The van der Waals surface area contributed by atoms with Gasteiger partial charge < -0.3 is 13.3 Å². The van der Waals surface area contributed by atoms with Crippen molar-refractivity contribution in [3.8, 4) is 0 Å². The van der Waals surface area contributed by atoms with Crippen LogP contribution in [0.2, 0.25) is 0 Å². The first-order valence-electron chi connectivity index (χ1n) is 13.3. The van der Waals surface area contributed by atoms with E-state index in [4.69, 9.17) is 13.3 Å². The summed E-state index contributed by atoms with van der Waals surface area (Å²) >= 11 is 0. The van der Waals surface area contributed by atoms with Crippen LogP contribution in [0.25, 0.3) is 0 Å². The van der Waals surface area contributed by atoms with E-state index >= 15 is 17.6 Å². The Kier molecular flexibility index (Phi) is 9.61. The van der Waals surface area contributed by atoms with Crippen molar-refractivity contribution in [2.24, 2.45) is 0 Å². The van der Waals surface area contributed by atoms with Crippen LogP contribution in [0.1, 0.15) is 20.8 Å². The summed E-state index contributed by atoms with van der Waals surface area (Å²) in [6.07, 6.45) is -3.27. The van der Waals surface area contributed by atoms with Crippen molar-refractivity contribution in [1.82, 2.24) is 0 Å². The Hall–Kier alpha value is -3.45. The van der Waals surface area contributed by atoms with Gasteiger partial charge >= 0.3 is 8.80 Å². The van der Waals surface area contributed by atoms with Gasteiger partial charge in [-0.2, -0.15) is 16.4 Å². The lowest BCUT2D eigenvalue weighted by atomic mass is 9.13. The number of hydrogen-bond donors (Lipinski definition) is 0. The van der Waals surface area contributed by atoms with Gasteiger partial charge in [-0.25, -0.2) is 30.7 Å². The first-order valence-corrected chi connectivity index (χ1v) is 15.0. The minimum absolute atomic E-state index is 0.0156. The minimum atomic E-state index is -4.54. The molecule has 4 aromatic rings. The van der Waals surface area contributed by atoms with E-state index in [1.54, 1.807) is 0 Å². The molecule has 0 spiro atoms. The zero-order valence-electron chi connectivity index (χ0n) is 23.0. The number of rotatable bonds is 11. The summed E-state index contributed by atoms with van der Waals surface area (Å²) in [5.74, 6) is -9.29. The summed E-state index contributed by atoms with van der Waals surface area (Å²) in [6, 6.07) is 13.2. The molecule has 0 aliphatic rings. The molecular formula is C30H27BF7O3Si-. The van der Waals surface area contributed by atoms with Crippen molar-refractivity contribution in [2.45, 2.75) is 20.8 Å². The predicted molar refractivity (Wildman–Crippen MR) is 150 cm³/mol. The van der Waals surface area contributed by atoms with Gasteiger partial charge in [-0.1, -0.05) is 36.4 Å². The third-order valence-electron chi connectivity index (χ3n) is 7.15. The zero-order valence-corrected chi connectivity index (χ0v) is 24.0. The predicted octanol–water partition coefficient (Wildman–Crippen LogP) is 4.29. The molecule has 0 aromatic heterocycles. The number of halogens is 7. The number of benzene rings is 4. The van der Waals surface area contributed by atoms with Gasteiger partial charge in [0.1, 0.15) is 35.2 Å². The molecule has 42 heavy (non-hydrogen) atoms. The van der Waals surface area contributed by atoms with Crippen molar-refractivity contribution in [2.75, 3.05) is 19.8 Å². The molecule has 0 bridgehead atoms. The molecule has 0 fully saturated rings. The van der Waals surface area contributed by atoms with Crippen LogP contribution < -0.4 is 27.0 Å². The SMILES string of the molecule is CCO[Si](OCC)(OCC)c1c(F)c(F)c([B-](c2ccc(F)cc2)(c2ccc(F)cc2)c2ccc(F)cc2)c(F)c1F. The topological polar surface area (TPSA) is 27.7 Å². The fourth-order valence-electron chi connectivity index (χ4n) is 5.54. The highest BCUT2D eigenvalue weighted by Crippen LogP contribution is 2.22. The highest BCUT2D eigenvalue weighted by Gasteiger charge is 2.51. The molecule has 0 N–H and O–H groups in total. The molecule has 0 aliphatic carbocycles. The first-order chi connectivity index (χ1) is 20.1. The molecule has 0 aliphatic heterocycles. The monoisotopic (exact) mass is 607 g/mol. The molecular weight excluding hydrogens is 580 g/mol. The molecule has 0 atom stereocenters. The average Bonchev–Trinajstić information content (AvgIpc) is 2.96. The van der Waals surface area contributed by atoms with Gasteiger partial charge in [0, 0.05) is 19.8 Å². The van der Waals surface area contributed by atoms with Crippen LogP contribution in [0.4, 0.5) is 30.7 Å². The molecule has 0 amide bonds. The molecule has 0 radical (unpaired) electrons. The van der Waals surface area contributed by atoms with Crippen LogP contribution in [-0.2, 0) is 13.3 Å². The van der Waals surface area contributed by atoms with Crippen LogP contribution in [0.15, 0.2) is 72.8 Å². The Morgan fingerprint density at radius 2 is 0.762 bits per heavy atom. The van der Waals surface area contributed by atoms with Crippen LogP contribution in [-0.4, -0.2) is 34.8 Å². The maximum absolute atomic E-state index is 16.6.